The first kappa shape index (κ1) is 11.5. The molecule has 1 atom stereocenters. The lowest BCUT2D eigenvalue weighted by molar-refractivity contribution is 0.322. The van der Waals surface area contributed by atoms with Crippen LogP contribution in [0.1, 0.15) is 12.8 Å². The summed E-state index contributed by atoms with van der Waals surface area (Å²) >= 11 is 0. The van der Waals surface area contributed by atoms with Crippen LogP contribution in [0.5, 0.6) is 0 Å². The van der Waals surface area contributed by atoms with Crippen molar-refractivity contribution in [2.75, 3.05) is 25.5 Å². The maximum atomic E-state index is 3.62. The SMILES string of the molecule is CN1CCC[C@H]1CNc1cccc2ccccc12. The van der Waals surface area contributed by atoms with E-state index in [1.165, 1.54) is 35.8 Å². The minimum Gasteiger partial charge on any atom is -0.383 e. The van der Waals surface area contributed by atoms with Gasteiger partial charge < -0.3 is 10.2 Å². The summed E-state index contributed by atoms with van der Waals surface area (Å²) < 4.78 is 0. The van der Waals surface area contributed by atoms with Crippen molar-refractivity contribution in [1.29, 1.82) is 0 Å². The van der Waals surface area contributed by atoms with E-state index in [4.69, 9.17) is 0 Å². The van der Waals surface area contributed by atoms with Gasteiger partial charge in [-0.25, -0.2) is 0 Å². The van der Waals surface area contributed by atoms with Gasteiger partial charge in [-0.15, -0.1) is 0 Å². The van der Waals surface area contributed by atoms with Crippen LogP contribution in [-0.2, 0) is 0 Å². The molecule has 2 nitrogen and oxygen atoms in total. The zero-order chi connectivity index (χ0) is 12.4. The normalized spacial score (nSPS) is 20.4. The van der Waals surface area contributed by atoms with Gasteiger partial charge >= 0.3 is 0 Å². The van der Waals surface area contributed by atoms with E-state index in [1.807, 2.05) is 0 Å². The van der Waals surface area contributed by atoms with E-state index in [-0.39, 0.29) is 0 Å². The summed E-state index contributed by atoms with van der Waals surface area (Å²) in [5.74, 6) is 0. The Morgan fingerprint density at radius 3 is 2.83 bits per heavy atom. The Bertz CT molecular complexity index is 530. The monoisotopic (exact) mass is 240 g/mol. The molecule has 0 bridgehead atoms. The van der Waals surface area contributed by atoms with Crippen LogP contribution in [0, 0.1) is 0 Å². The van der Waals surface area contributed by atoms with Crippen LogP contribution in [0.2, 0.25) is 0 Å². The molecule has 18 heavy (non-hydrogen) atoms. The van der Waals surface area contributed by atoms with Gasteiger partial charge in [-0.1, -0.05) is 36.4 Å². The van der Waals surface area contributed by atoms with Crippen LogP contribution < -0.4 is 5.32 Å². The van der Waals surface area contributed by atoms with Crippen LogP contribution in [0.25, 0.3) is 10.8 Å². The molecule has 0 saturated carbocycles. The van der Waals surface area contributed by atoms with Crippen LogP contribution in [0.3, 0.4) is 0 Å². The van der Waals surface area contributed by atoms with Crippen LogP contribution >= 0.6 is 0 Å². The minimum absolute atomic E-state index is 0.684. The third kappa shape index (κ3) is 2.21. The second kappa shape index (κ2) is 4.99. The lowest BCUT2D eigenvalue weighted by Gasteiger charge is -2.20. The molecule has 0 radical (unpaired) electrons. The molecule has 2 aromatic carbocycles. The Labute approximate surface area is 109 Å². The number of likely N-dealkylation sites (tertiary alicyclic amines) is 1. The summed E-state index contributed by atoms with van der Waals surface area (Å²) in [4.78, 5) is 2.46. The lowest BCUT2D eigenvalue weighted by Crippen LogP contribution is -2.31. The number of nitrogens with one attached hydrogen (secondary N) is 1. The van der Waals surface area contributed by atoms with Crippen molar-refractivity contribution in [3.8, 4) is 0 Å². The Morgan fingerprint density at radius 1 is 1.17 bits per heavy atom. The molecule has 0 spiro atoms. The second-order valence-corrected chi connectivity index (χ2v) is 5.18. The summed E-state index contributed by atoms with van der Waals surface area (Å²) in [6, 6.07) is 15.7. The first-order chi connectivity index (χ1) is 8.84. The molecular formula is C16H20N2. The average Bonchev–Trinajstić information content (AvgIpc) is 2.82. The molecule has 1 heterocycles. The van der Waals surface area contributed by atoms with Crippen LogP contribution in [0.4, 0.5) is 5.69 Å². The maximum Gasteiger partial charge on any atom is 0.0420 e. The Morgan fingerprint density at radius 2 is 2.00 bits per heavy atom. The van der Waals surface area contributed by atoms with Gasteiger partial charge in [0.05, 0.1) is 0 Å². The highest BCUT2D eigenvalue weighted by molar-refractivity contribution is 5.93. The minimum atomic E-state index is 0.684. The van der Waals surface area contributed by atoms with Crippen LogP contribution in [-0.4, -0.2) is 31.1 Å². The highest BCUT2D eigenvalue weighted by Gasteiger charge is 2.20. The number of anilines is 1. The number of fused-ring (bicyclic) bond motifs is 1. The van der Waals surface area contributed by atoms with E-state index in [2.05, 4.69) is 59.7 Å². The first-order valence-electron chi connectivity index (χ1n) is 6.76. The molecule has 94 valence electrons. The predicted molar refractivity (Wildman–Crippen MR) is 78.1 cm³/mol. The van der Waals surface area contributed by atoms with Gasteiger partial charge in [0.2, 0.25) is 0 Å². The molecule has 1 aliphatic rings. The van der Waals surface area contributed by atoms with Crippen molar-refractivity contribution >= 4 is 16.5 Å². The molecule has 2 heteroatoms. The summed E-state index contributed by atoms with van der Waals surface area (Å²) in [5, 5.41) is 6.25. The van der Waals surface area contributed by atoms with E-state index in [1.54, 1.807) is 0 Å². The quantitative estimate of drug-likeness (QED) is 0.885. The van der Waals surface area contributed by atoms with Gasteiger partial charge in [-0.3, -0.25) is 0 Å². The van der Waals surface area contributed by atoms with Crippen molar-refractivity contribution in [3.05, 3.63) is 42.5 Å². The summed E-state index contributed by atoms with van der Waals surface area (Å²) in [6.45, 7) is 2.28. The number of hydrogen-bond donors (Lipinski definition) is 1. The molecular weight excluding hydrogens is 220 g/mol. The fourth-order valence-corrected chi connectivity index (χ4v) is 2.84. The molecule has 0 aliphatic carbocycles. The Balaban J connectivity index is 1.78. The molecule has 0 unspecified atom stereocenters. The smallest absolute Gasteiger partial charge is 0.0420 e. The highest BCUT2D eigenvalue weighted by Crippen LogP contribution is 2.24. The van der Waals surface area contributed by atoms with E-state index >= 15 is 0 Å². The van der Waals surface area contributed by atoms with E-state index < -0.39 is 0 Å². The van der Waals surface area contributed by atoms with Gasteiger partial charge in [0.1, 0.15) is 0 Å². The second-order valence-electron chi connectivity index (χ2n) is 5.18. The topological polar surface area (TPSA) is 15.3 Å². The van der Waals surface area contributed by atoms with Gasteiger partial charge in [0.25, 0.3) is 0 Å². The number of benzene rings is 2. The zero-order valence-electron chi connectivity index (χ0n) is 10.9. The molecule has 1 fully saturated rings. The number of hydrogen-bond acceptors (Lipinski definition) is 2. The highest BCUT2D eigenvalue weighted by atomic mass is 15.2. The van der Waals surface area contributed by atoms with Crippen molar-refractivity contribution in [2.45, 2.75) is 18.9 Å². The number of rotatable bonds is 3. The molecule has 2 aromatic rings. The average molecular weight is 240 g/mol. The van der Waals surface area contributed by atoms with E-state index in [0.717, 1.165) is 6.54 Å². The maximum absolute atomic E-state index is 3.62. The first-order valence-corrected chi connectivity index (χ1v) is 6.76. The zero-order valence-corrected chi connectivity index (χ0v) is 10.9. The predicted octanol–water partition coefficient (Wildman–Crippen LogP) is 3.35. The third-order valence-corrected chi connectivity index (χ3v) is 3.99. The Kier molecular flexibility index (Phi) is 3.20. The van der Waals surface area contributed by atoms with Gasteiger partial charge in [0, 0.05) is 23.7 Å². The summed E-state index contributed by atoms with van der Waals surface area (Å²) in [6.07, 6.45) is 2.65. The standard InChI is InChI=1S/C16H20N2/c1-18-11-5-8-14(18)12-17-16-10-4-7-13-6-2-3-9-15(13)16/h2-4,6-7,9-10,14,17H,5,8,11-12H2,1H3/t14-/m0/s1. The van der Waals surface area contributed by atoms with Gasteiger partial charge in [0.15, 0.2) is 0 Å². The molecule has 1 aliphatic heterocycles. The lowest BCUT2D eigenvalue weighted by atomic mass is 10.1. The third-order valence-electron chi connectivity index (χ3n) is 3.99. The Hall–Kier alpha value is -1.54. The van der Waals surface area contributed by atoms with Crippen molar-refractivity contribution < 1.29 is 0 Å². The summed E-state index contributed by atoms with van der Waals surface area (Å²) in [5.41, 5.74) is 1.26. The van der Waals surface area contributed by atoms with Crippen LogP contribution in [0.15, 0.2) is 42.5 Å². The fraction of sp³-hybridized carbons (Fsp3) is 0.375. The van der Waals surface area contributed by atoms with Crippen molar-refractivity contribution in [2.24, 2.45) is 0 Å². The number of nitrogens with zero attached hydrogens (tertiary/aromatic N) is 1. The molecule has 0 amide bonds. The summed E-state index contributed by atoms with van der Waals surface area (Å²) in [7, 11) is 2.22. The van der Waals surface area contributed by atoms with Crippen molar-refractivity contribution in [3.63, 3.8) is 0 Å². The fourth-order valence-electron chi connectivity index (χ4n) is 2.84. The van der Waals surface area contributed by atoms with Gasteiger partial charge in [-0.05, 0) is 37.9 Å². The van der Waals surface area contributed by atoms with E-state index in [9.17, 15) is 0 Å². The molecule has 0 aromatic heterocycles. The largest absolute Gasteiger partial charge is 0.383 e. The van der Waals surface area contributed by atoms with E-state index in [0.29, 0.717) is 6.04 Å². The molecule has 1 N–H and O–H groups in total. The van der Waals surface area contributed by atoms with Gasteiger partial charge in [-0.2, -0.15) is 0 Å². The number of likely N-dealkylation sites (N-methyl/N-ethyl adjacent to an activating group) is 1. The molecule has 3 rings (SSSR count). The van der Waals surface area contributed by atoms with Crippen molar-refractivity contribution in [1.82, 2.24) is 4.90 Å². The molecule has 1 saturated heterocycles.